The summed E-state index contributed by atoms with van der Waals surface area (Å²) in [7, 11) is 0. The van der Waals surface area contributed by atoms with Crippen molar-refractivity contribution < 1.29 is 0 Å². The number of fused-ring (bicyclic) bond motifs is 1. The van der Waals surface area contributed by atoms with Crippen LogP contribution in [0.4, 0.5) is 5.82 Å². The van der Waals surface area contributed by atoms with E-state index in [0.29, 0.717) is 6.04 Å². The van der Waals surface area contributed by atoms with Crippen LogP contribution < -0.4 is 10.6 Å². The first-order valence-corrected chi connectivity index (χ1v) is 8.17. The number of piperidine rings is 1. The molecule has 0 atom stereocenters. The standard InChI is InChI=1S/C18H21N5/c1-12-2-6-20-11-16(12)15-10-17(22-13-3-7-19-8-4-13)23-18-14(15)5-9-21-18/h2,5-6,9-11,13,19H,3-4,7-8H2,1H3,(H2,21,22,23). The van der Waals surface area contributed by atoms with Crippen molar-refractivity contribution in [2.45, 2.75) is 25.8 Å². The first-order valence-electron chi connectivity index (χ1n) is 8.17. The Morgan fingerprint density at radius 2 is 2.04 bits per heavy atom. The molecule has 0 saturated carbocycles. The zero-order chi connectivity index (χ0) is 15.6. The highest BCUT2D eigenvalue weighted by molar-refractivity contribution is 5.95. The summed E-state index contributed by atoms with van der Waals surface area (Å²) in [4.78, 5) is 12.3. The minimum atomic E-state index is 0.485. The van der Waals surface area contributed by atoms with Crippen LogP contribution in [0.3, 0.4) is 0 Å². The van der Waals surface area contributed by atoms with E-state index in [9.17, 15) is 0 Å². The Morgan fingerprint density at radius 3 is 2.87 bits per heavy atom. The van der Waals surface area contributed by atoms with Crippen LogP contribution in [0.5, 0.6) is 0 Å². The lowest BCUT2D eigenvalue weighted by Gasteiger charge is -2.24. The number of anilines is 1. The molecular formula is C18H21N5. The Hall–Kier alpha value is -2.40. The predicted molar refractivity (Wildman–Crippen MR) is 93.6 cm³/mol. The number of nitrogens with one attached hydrogen (secondary N) is 3. The molecule has 118 valence electrons. The minimum absolute atomic E-state index is 0.485. The third-order valence-corrected chi connectivity index (χ3v) is 4.55. The van der Waals surface area contributed by atoms with Gasteiger partial charge >= 0.3 is 0 Å². The van der Waals surface area contributed by atoms with E-state index in [-0.39, 0.29) is 0 Å². The molecule has 0 radical (unpaired) electrons. The number of nitrogens with zero attached hydrogens (tertiary/aromatic N) is 2. The van der Waals surface area contributed by atoms with Crippen molar-refractivity contribution in [1.82, 2.24) is 20.3 Å². The second kappa shape index (κ2) is 6.01. The average Bonchev–Trinajstić information content (AvgIpc) is 3.04. The summed E-state index contributed by atoms with van der Waals surface area (Å²) in [6.07, 6.45) is 7.98. The molecule has 3 aromatic rings. The van der Waals surface area contributed by atoms with Crippen LogP contribution in [-0.4, -0.2) is 34.1 Å². The van der Waals surface area contributed by atoms with Crippen molar-refractivity contribution in [3.63, 3.8) is 0 Å². The van der Waals surface area contributed by atoms with E-state index in [4.69, 9.17) is 4.98 Å². The van der Waals surface area contributed by atoms with Crippen molar-refractivity contribution in [3.8, 4) is 11.1 Å². The highest BCUT2D eigenvalue weighted by Crippen LogP contribution is 2.31. The topological polar surface area (TPSA) is 65.6 Å². The Labute approximate surface area is 135 Å². The van der Waals surface area contributed by atoms with Gasteiger partial charge in [0, 0.05) is 35.6 Å². The zero-order valence-electron chi connectivity index (χ0n) is 13.3. The molecule has 5 nitrogen and oxygen atoms in total. The van der Waals surface area contributed by atoms with Crippen LogP contribution >= 0.6 is 0 Å². The van der Waals surface area contributed by atoms with Gasteiger partial charge < -0.3 is 15.6 Å². The van der Waals surface area contributed by atoms with Crippen molar-refractivity contribution >= 4 is 16.9 Å². The fourth-order valence-corrected chi connectivity index (χ4v) is 3.26. The predicted octanol–water partition coefficient (Wildman–Crippen LogP) is 3.10. The molecule has 1 aliphatic heterocycles. The fourth-order valence-electron chi connectivity index (χ4n) is 3.26. The Bertz CT molecular complexity index is 817. The van der Waals surface area contributed by atoms with Crippen molar-refractivity contribution in [3.05, 3.63) is 42.4 Å². The number of aryl methyl sites for hydroxylation is 1. The lowest BCUT2D eigenvalue weighted by atomic mass is 10.0. The van der Waals surface area contributed by atoms with Crippen molar-refractivity contribution in [2.24, 2.45) is 0 Å². The number of hydrogen-bond acceptors (Lipinski definition) is 4. The summed E-state index contributed by atoms with van der Waals surface area (Å²) < 4.78 is 0. The Morgan fingerprint density at radius 1 is 1.17 bits per heavy atom. The third kappa shape index (κ3) is 2.80. The molecule has 3 aromatic heterocycles. The largest absolute Gasteiger partial charge is 0.367 e. The van der Waals surface area contributed by atoms with E-state index in [1.54, 1.807) is 0 Å². The minimum Gasteiger partial charge on any atom is -0.367 e. The number of rotatable bonds is 3. The summed E-state index contributed by atoms with van der Waals surface area (Å²) in [5.41, 5.74) is 4.48. The van der Waals surface area contributed by atoms with Crippen LogP contribution in [0.2, 0.25) is 0 Å². The molecule has 0 unspecified atom stereocenters. The van der Waals surface area contributed by atoms with Gasteiger partial charge in [0.2, 0.25) is 0 Å². The zero-order valence-corrected chi connectivity index (χ0v) is 13.3. The van der Waals surface area contributed by atoms with Gasteiger partial charge in [-0.05, 0) is 62.2 Å². The molecule has 1 saturated heterocycles. The van der Waals surface area contributed by atoms with E-state index in [2.05, 4.69) is 39.7 Å². The third-order valence-electron chi connectivity index (χ3n) is 4.55. The number of aromatic amines is 1. The molecule has 0 spiro atoms. The van der Waals surface area contributed by atoms with Gasteiger partial charge in [0.25, 0.3) is 0 Å². The SMILES string of the molecule is Cc1ccncc1-c1cc(NC2CCNCC2)nc2[nH]ccc12. The monoisotopic (exact) mass is 307 g/mol. The van der Waals surface area contributed by atoms with Gasteiger partial charge in [0.1, 0.15) is 11.5 Å². The summed E-state index contributed by atoms with van der Waals surface area (Å²) in [6, 6.07) is 6.77. The second-order valence-electron chi connectivity index (χ2n) is 6.15. The smallest absolute Gasteiger partial charge is 0.140 e. The van der Waals surface area contributed by atoms with Crippen LogP contribution in [-0.2, 0) is 0 Å². The molecule has 0 bridgehead atoms. The number of aromatic nitrogens is 3. The summed E-state index contributed by atoms with van der Waals surface area (Å²) in [5, 5.41) is 8.13. The quantitative estimate of drug-likeness (QED) is 0.695. The average molecular weight is 307 g/mol. The van der Waals surface area contributed by atoms with Crippen molar-refractivity contribution in [1.29, 1.82) is 0 Å². The first kappa shape index (κ1) is 14.2. The van der Waals surface area contributed by atoms with Crippen LogP contribution in [0, 0.1) is 6.92 Å². The van der Waals surface area contributed by atoms with Gasteiger partial charge in [0.05, 0.1) is 0 Å². The summed E-state index contributed by atoms with van der Waals surface area (Å²) in [5.74, 6) is 0.935. The highest BCUT2D eigenvalue weighted by Gasteiger charge is 2.16. The summed E-state index contributed by atoms with van der Waals surface area (Å²) >= 11 is 0. The van der Waals surface area contributed by atoms with E-state index >= 15 is 0 Å². The molecule has 3 N–H and O–H groups in total. The molecule has 0 aliphatic carbocycles. The van der Waals surface area contributed by atoms with Gasteiger partial charge in [-0.3, -0.25) is 4.98 Å². The van der Waals surface area contributed by atoms with Crippen LogP contribution in [0.25, 0.3) is 22.2 Å². The van der Waals surface area contributed by atoms with E-state index in [0.717, 1.165) is 48.3 Å². The summed E-state index contributed by atoms with van der Waals surface area (Å²) in [6.45, 7) is 4.25. The maximum atomic E-state index is 4.74. The van der Waals surface area contributed by atoms with E-state index in [1.807, 2.05) is 24.7 Å². The maximum Gasteiger partial charge on any atom is 0.140 e. The molecule has 0 aromatic carbocycles. The number of pyridine rings is 2. The van der Waals surface area contributed by atoms with E-state index in [1.165, 1.54) is 11.1 Å². The normalized spacial score (nSPS) is 15.9. The Balaban J connectivity index is 1.77. The van der Waals surface area contributed by atoms with Gasteiger partial charge in [-0.1, -0.05) is 0 Å². The van der Waals surface area contributed by atoms with Gasteiger partial charge in [-0.2, -0.15) is 0 Å². The second-order valence-corrected chi connectivity index (χ2v) is 6.15. The number of hydrogen-bond donors (Lipinski definition) is 3. The van der Waals surface area contributed by atoms with Gasteiger partial charge in [-0.15, -0.1) is 0 Å². The molecule has 23 heavy (non-hydrogen) atoms. The fraction of sp³-hybridized carbons (Fsp3) is 0.333. The lowest BCUT2D eigenvalue weighted by molar-refractivity contribution is 0.478. The molecule has 4 rings (SSSR count). The molecular weight excluding hydrogens is 286 g/mol. The van der Waals surface area contributed by atoms with E-state index < -0.39 is 0 Å². The van der Waals surface area contributed by atoms with Crippen LogP contribution in [0.1, 0.15) is 18.4 Å². The molecule has 5 heteroatoms. The van der Waals surface area contributed by atoms with Crippen LogP contribution in [0.15, 0.2) is 36.8 Å². The maximum absolute atomic E-state index is 4.74. The van der Waals surface area contributed by atoms with Crippen molar-refractivity contribution in [2.75, 3.05) is 18.4 Å². The molecule has 1 aliphatic rings. The van der Waals surface area contributed by atoms with Gasteiger partial charge in [0.15, 0.2) is 0 Å². The van der Waals surface area contributed by atoms with Gasteiger partial charge in [-0.25, -0.2) is 4.98 Å². The first-order chi connectivity index (χ1) is 11.3. The lowest BCUT2D eigenvalue weighted by Crippen LogP contribution is -2.35. The Kier molecular flexibility index (Phi) is 3.71. The molecule has 0 amide bonds. The molecule has 1 fully saturated rings. The molecule has 4 heterocycles. The highest BCUT2D eigenvalue weighted by atomic mass is 15.1. The number of H-pyrrole nitrogens is 1.